The number of furan rings is 1. The van der Waals surface area contributed by atoms with Crippen molar-refractivity contribution < 1.29 is 23.5 Å². The Labute approximate surface area is 151 Å². The van der Waals surface area contributed by atoms with Crippen molar-refractivity contribution >= 4 is 18.0 Å². The van der Waals surface area contributed by atoms with Crippen molar-refractivity contribution in [3.8, 4) is 11.5 Å². The van der Waals surface area contributed by atoms with Gasteiger partial charge in [0.2, 0.25) is 0 Å². The Bertz CT molecular complexity index is 756. The van der Waals surface area contributed by atoms with Crippen LogP contribution < -0.4 is 20.2 Å². The third kappa shape index (κ3) is 5.66. The summed E-state index contributed by atoms with van der Waals surface area (Å²) in [6, 6.07) is 8.65. The van der Waals surface area contributed by atoms with E-state index >= 15 is 0 Å². The first-order valence-corrected chi connectivity index (χ1v) is 8.17. The number of hydrazone groups is 1. The second-order valence-electron chi connectivity index (χ2n) is 5.03. The molecule has 2 rings (SSSR count). The van der Waals surface area contributed by atoms with Gasteiger partial charge in [-0.25, -0.2) is 5.43 Å². The normalized spacial score (nSPS) is 10.5. The molecule has 0 bridgehead atoms. The van der Waals surface area contributed by atoms with Crippen molar-refractivity contribution in [2.45, 2.75) is 20.4 Å². The summed E-state index contributed by atoms with van der Waals surface area (Å²) in [5.74, 6) is 0.102. The summed E-state index contributed by atoms with van der Waals surface area (Å²) in [7, 11) is 0. The molecule has 1 heterocycles. The molecule has 8 heteroatoms. The molecule has 1 aromatic heterocycles. The van der Waals surface area contributed by atoms with Gasteiger partial charge in [0.05, 0.1) is 32.2 Å². The van der Waals surface area contributed by atoms with Crippen LogP contribution in [0.4, 0.5) is 0 Å². The molecule has 8 nitrogen and oxygen atoms in total. The average Bonchev–Trinajstić information content (AvgIpc) is 3.15. The zero-order valence-corrected chi connectivity index (χ0v) is 14.7. The Morgan fingerprint density at radius 1 is 1.15 bits per heavy atom. The molecule has 26 heavy (non-hydrogen) atoms. The molecule has 0 unspecified atom stereocenters. The molecule has 0 saturated heterocycles. The number of hydrogen-bond donors (Lipinski definition) is 2. The molecular weight excluding hydrogens is 338 g/mol. The monoisotopic (exact) mass is 359 g/mol. The van der Waals surface area contributed by atoms with E-state index in [0.717, 1.165) is 0 Å². The predicted molar refractivity (Wildman–Crippen MR) is 95.1 cm³/mol. The molecule has 1 aromatic carbocycles. The van der Waals surface area contributed by atoms with Gasteiger partial charge in [0.25, 0.3) is 0 Å². The Morgan fingerprint density at radius 2 is 1.96 bits per heavy atom. The van der Waals surface area contributed by atoms with Gasteiger partial charge in [-0.1, -0.05) is 0 Å². The summed E-state index contributed by atoms with van der Waals surface area (Å²) in [5, 5.41) is 6.22. The van der Waals surface area contributed by atoms with Crippen LogP contribution in [0.5, 0.6) is 11.5 Å². The summed E-state index contributed by atoms with van der Waals surface area (Å²) >= 11 is 0. The molecular formula is C18H21N3O5. The van der Waals surface area contributed by atoms with Crippen LogP contribution in [0.3, 0.4) is 0 Å². The number of nitrogens with zero attached hydrogens (tertiary/aromatic N) is 1. The smallest absolute Gasteiger partial charge is 0.329 e. The van der Waals surface area contributed by atoms with Gasteiger partial charge in [0, 0.05) is 11.6 Å². The molecule has 0 fully saturated rings. The number of benzene rings is 1. The van der Waals surface area contributed by atoms with Crippen LogP contribution in [-0.2, 0) is 16.1 Å². The lowest BCUT2D eigenvalue weighted by atomic mass is 10.2. The molecule has 138 valence electrons. The summed E-state index contributed by atoms with van der Waals surface area (Å²) in [6.45, 7) is 4.89. The minimum absolute atomic E-state index is 0.121. The van der Waals surface area contributed by atoms with Crippen molar-refractivity contribution in [3.63, 3.8) is 0 Å². The number of rotatable bonds is 8. The maximum Gasteiger partial charge on any atom is 0.329 e. The molecule has 0 radical (unpaired) electrons. The maximum absolute atomic E-state index is 11.7. The third-order valence-electron chi connectivity index (χ3n) is 3.18. The van der Waals surface area contributed by atoms with E-state index < -0.39 is 11.8 Å². The highest BCUT2D eigenvalue weighted by atomic mass is 16.5. The average molecular weight is 359 g/mol. The van der Waals surface area contributed by atoms with E-state index in [1.54, 1.807) is 30.3 Å². The lowest BCUT2D eigenvalue weighted by Crippen LogP contribution is -2.37. The lowest BCUT2D eigenvalue weighted by molar-refractivity contribution is -0.139. The van der Waals surface area contributed by atoms with Crippen molar-refractivity contribution in [1.29, 1.82) is 0 Å². The minimum atomic E-state index is -0.878. The van der Waals surface area contributed by atoms with Crippen LogP contribution in [0, 0.1) is 0 Å². The highest BCUT2D eigenvalue weighted by Gasteiger charge is 2.12. The van der Waals surface area contributed by atoms with Gasteiger partial charge in [-0.15, -0.1) is 0 Å². The Morgan fingerprint density at radius 3 is 2.65 bits per heavy atom. The summed E-state index contributed by atoms with van der Waals surface area (Å²) in [6.07, 6.45) is 2.89. The van der Waals surface area contributed by atoms with Gasteiger partial charge < -0.3 is 19.2 Å². The zero-order valence-electron chi connectivity index (χ0n) is 14.7. The van der Waals surface area contributed by atoms with E-state index in [9.17, 15) is 9.59 Å². The molecule has 2 amide bonds. The van der Waals surface area contributed by atoms with Crippen LogP contribution in [0.15, 0.2) is 46.1 Å². The van der Waals surface area contributed by atoms with Crippen LogP contribution >= 0.6 is 0 Å². The largest absolute Gasteiger partial charge is 0.494 e. The third-order valence-corrected chi connectivity index (χ3v) is 3.18. The lowest BCUT2D eigenvalue weighted by Gasteiger charge is -2.10. The maximum atomic E-state index is 11.7. The molecule has 0 spiro atoms. The van der Waals surface area contributed by atoms with E-state index in [4.69, 9.17) is 13.9 Å². The van der Waals surface area contributed by atoms with E-state index in [1.165, 1.54) is 12.5 Å². The SMILES string of the molecule is CCOc1ccc(/C=N\NC(=O)C(=O)NCc2ccco2)c(OCC)c1. The first-order chi connectivity index (χ1) is 12.6. The number of hydrogen-bond acceptors (Lipinski definition) is 6. The zero-order chi connectivity index (χ0) is 18.8. The fourth-order valence-electron chi connectivity index (χ4n) is 2.03. The molecule has 2 N–H and O–H groups in total. The first-order valence-electron chi connectivity index (χ1n) is 8.17. The summed E-state index contributed by atoms with van der Waals surface area (Å²) < 4.78 is 16.0. The molecule has 0 saturated carbocycles. The quantitative estimate of drug-likeness (QED) is 0.425. The fourth-order valence-corrected chi connectivity index (χ4v) is 2.03. The van der Waals surface area contributed by atoms with E-state index in [2.05, 4.69) is 15.8 Å². The Kier molecular flexibility index (Phi) is 7.23. The van der Waals surface area contributed by atoms with Crippen molar-refractivity contribution in [1.82, 2.24) is 10.7 Å². The second kappa shape index (κ2) is 9.87. The number of carbonyl (C=O) groups is 2. The topological polar surface area (TPSA) is 102 Å². The number of carbonyl (C=O) groups excluding carboxylic acids is 2. The molecule has 0 aliphatic heterocycles. The van der Waals surface area contributed by atoms with Gasteiger partial charge >= 0.3 is 11.8 Å². The Hall–Kier alpha value is -3.29. The van der Waals surface area contributed by atoms with Crippen LogP contribution in [-0.4, -0.2) is 31.2 Å². The van der Waals surface area contributed by atoms with Crippen molar-refractivity contribution in [3.05, 3.63) is 47.9 Å². The molecule has 0 aliphatic carbocycles. The summed E-state index contributed by atoms with van der Waals surface area (Å²) in [4.78, 5) is 23.4. The van der Waals surface area contributed by atoms with Crippen LogP contribution in [0.25, 0.3) is 0 Å². The van der Waals surface area contributed by atoms with E-state index in [1.807, 2.05) is 13.8 Å². The van der Waals surface area contributed by atoms with Crippen molar-refractivity contribution in [2.75, 3.05) is 13.2 Å². The van der Waals surface area contributed by atoms with Gasteiger partial charge in [-0.05, 0) is 38.1 Å². The first kappa shape index (κ1) is 19.0. The standard InChI is InChI=1S/C18H21N3O5/c1-3-24-14-8-7-13(16(10-14)25-4-2)11-20-21-18(23)17(22)19-12-15-6-5-9-26-15/h5-11H,3-4,12H2,1-2H3,(H,19,22)(H,21,23)/b20-11-. The van der Waals surface area contributed by atoms with E-state index in [0.29, 0.717) is 36.0 Å². The van der Waals surface area contributed by atoms with Gasteiger partial charge in [0.15, 0.2) is 0 Å². The van der Waals surface area contributed by atoms with Crippen LogP contribution in [0.2, 0.25) is 0 Å². The number of nitrogens with one attached hydrogen (secondary N) is 2. The molecule has 2 aromatic rings. The van der Waals surface area contributed by atoms with Gasteiger partial charge in [0.1, 0.15) is 17.3 Å². The molecule has 0 atom stereocenters. The predicted octanol–water partition coefficient (Wildman–Crippen LogP) is 1.84. The minimum Gasteiger partial charge on any atom is -0.494 e. The van der Waals surface area contributed by atoms with E-state index in [-0.39, 0.29) is 6.54 Å². The highest BCUT2D eigenvalue weighted by Crippen LogP contribution is 2.23. The highest BCUT2D eigenvalue weighted by molar-refractivity contribution is 6.35. The van der Waals surface area contributed by atoms with Gasteiger partial charge in [-0.2, -0.15) is 5.10 Å². The fraction of sp³-hybridized carbons (Fsp3) is 0.278. The van der Waals surface area contributed by atoms with Crippen molar-refractivity contribution in [2.24, 2.45) is 5.10 Å². The Balaban J connectivity index is 1.91. The summed E-state index contributed by atoms with van der Waals surface area (Å²) in [5.41, 5.74) is 2.82. The number of ether oxygens (including phenoxy) is 2. The molecule has 0 aliphatic rings. The van der Waals surface area contributed by atoms with Crippen LogP contribution in [0.1, 0.15) is 25.2 Å². The van der Waals surface area contributed by atoms with Gasteiger partial charge in [-0.3, -0.25) is 9.59 Å². The number of amides is 2. The second-order valence-corrected chi connectivity index (χ2v) is 5.03.